The Morgan fingerprint density at radius 3 is 2.43 bits per heavy atom. The summed E-state index contributed by atoms with van der Waals surface area (Å²) in [4.78, 5) is 17.8. The van der Waals surface area contributed by atoms with Crippen molar-refractivity contribution < 1.29 is 0 Å². The Kier molecular flexibility index (Phi) is 3.59. The first-order chi connectivity index (χ1) is 10.3. The summed E-state index contributed by atoms with van der Waals surface area (Å²) in [6.45, 7) is 5.59. The monoisotopic (exact) mass is 308 g/mol. The first-order valence-corrected chi connectivity index (χ1v) is 8.31. The van der Waals surface area contributed by atoms with E-state index in [0.717, 1.165) is 31.5 Å². The van der Waals surface area contributed by atoms with Gasteiger partial charge in [-0.3, -0.25) is 0 Å². The summed E-state index contributed by atoms with van der Waals surface area (Å²) in [7, 11) is 0. The molecule has 6 nitrogen and oxygen atoms in total. The van der Waals surface area contributed by atoms with Gasteiger partial charge in [-0.05, 0) is 56.3 Å². The molecule has 21 heavy (non-hydrogen) atoms. The van der Waals surface area contributed by atoms with E-state index in [0.29, 0.717) is 12.0 Å². The van der Waals surface area contributed by atoms with Gasteiger partial charge in [-0.1, -0.05) is 0 Å². The molecule has 2 bridgehead atoms. The number of nitrogens with zero attached hydrogens (tertiary/aromatic N) is 5. The quantitative estimate of drug-likeness (QED) is 0.916. The van der Waals surface area contributed by atoms with Crippen molar-refractivity contribution in [2.24, 2.45) is 5.92 Å². The Hall–Kier alpha value is -1.14. The van der Waals surface area contributed by atoms with Crippen molar-refractivity contribution in [3.63, 3.8) is 0 Å². The minimum Gasteiger partial charge on any atom is -0.350 e. The van der Waals surface area contributed by atoms with Crippen LogP contribution in [0.4, 0.5) is 11.9 Å². The molecule has 7 heteroatoms. The number of anilines is 2. The highest BCUT2D eigenvalue weighted by Crippen LogP contribution is 2.29. The predicted octanol–water partition coefficient (Wildman–Crippen LogP) is 1.63. The van der Waals surface area contributed by atoms with Crippen LogP contribution in [-0.4, -0.2) is 58.6 Å². The lowest BCUT2D eigenvalue weighted by Gasteiger charge is -2.44. The number of rotatable bonds is 3. The number of piperidine rings is 3. The van der Waals surface area contributed by atoms with Crippen molar-refractivity contribution in [1.82, 2.24) is 19.9 Å². The van der Waals surface area contributed by atoms with Crippen molar-refractivity contribution in [2.75, 3.05) is 42.9 Å². The lowest BCUT2D eigenvalue weighted by atomic mass is 9.84. The molecule has 5 rings (SSSR count). The van der Waals surface area contributed by atoms with Crippen LogP contribution in [-0.2, 0) is 0 Å². The molecule has 4 saturated heterocycles. The van der Waals surface area contributed by atoms with Gasteiger partial charge in [-0.25, -0.2) is 0 Å². The van der Waals surface area contributed by atoms with Crippen molar-refractivity contribution in [3.05, 3.63) is 5.28 Å². The molecule has 0 saturated carbocycles. The summed E-state index contributed by atoms with van der Waals surface area (Å²) in [6, 6.07) is 0.442. The van der Waals surface area contributed by atoms with Gasteiger partial charge in [0, 0.05) is 25.7 Å². The predicted molar refractivity (Wildman–Crippen MR) is 82.9 cm³/mol. The van der Waals surface area contributed by atoms with Crippen LogP contribution in [0.25, 0.3) is 0 Å². The van der Waals surface area contributed by atoms with Crippen LogP contribution in [0.15, 0.2) is 0 Å². The molecule has 1 unspecified atom stereocenters. The van der Waals surface area contributed by atoms with Gasteiger partial charge in [0.2, 0.25) is 17.2 Å². The molecule has 1 atom stereocenters. The maximum atomic E-state index is 6.09. The second-order valence-electron chi connectivity index (χ2n) is 6.31. The largest absolute Gasteiger partial charge is 0.350 e. The summed E-state index contributed by atoms with van der Waals surface area (Å²) in [5.41, 5.74) is 0. The minimum absolute atomic E-state index is 0.288. The Labute approximate surface area is 129 Å². The van der Waals surface area contributed by atoms with Crippen LogP contribution in [0, 0.1) is 5.92 Å². The molecule has 0 spiro atoms. The van der Waals surface area contributed by atoms with E-state index in [1.807, 2.05) is 0 Å². The Bertz CT molecular complexity index is 510. The molecule has 1 aromatic heterocycles. The first-order valence-electron chi connectivity index (χ1n) is 7.93. The summed E-state index contributed by atoms with van der Waals surface area (Å²) in [5.74, 6) is 2.09. The fourth-order valence-electron chi connectivity index (χ4n) is 3.76. The van der Waals surface area contributed by atoms with E-state index in [2.05, 4.69) is 30.1 Å². The molecule has 1 aromatic rings. The van der Waals surface area contributed by atoms with Gasteiger partial charge >= 0.3 is 0 Å². The van der Waals surface area contributed by atoms with Gasteiger partial charge in [0.1, 0.15) is 0 Å². The maximum absolute atomic E-state index is 6.09. The van der Waals surface area contributed by atoms with E-state index in [4.69, 9.17) is 11.6 Å². The third-order valence-electron chi connectivity index (χ3n) is 4.96. The number of hydrogen-bond acceptors (Lipinski definition) is 6. The molecule has 0 aliphatic carbocycles. The molecule has 0 amide bonds. The van der Waals surface area contributed by atoms with Gasteiger partial charge in [0.25, 0.3) is 0 Å². The van der Waals surface area contributed by atoms with E-state index in [9.17, 15) is 0 Å². The van der Waals surface area contributed by atoms with Crippen molar-refractivity contribution in [2.45, 2.75) is 31.7 Å². The smallest absolute Gasteiger partial charge is 0.231 e. The molecule has 0 aromatic carbocycles. The van der Waals surface area contributed by atoms with E-state index in [1.54, 1.807) is 0 Å². The fraction of sp³-hybridized carbons (Fsp3) is 0.786. The van der Waals surface area contributed by atoms with Gasteiger partial charge in [-0.2, -0.15) is 15.0 Å². The van der Waals surface area contributed by atoms with Crippen LogP contribution >= 0.6 is 11.6 Å². The van der Waals surface area contributed by atoms with Crippen LogP contribution in [0.1, 0.15) is 25.7 Å². The zero-order valence-electron chi connectivity index (χ0n) is 12.1. The fourth-order valence-corrected chi connectivity index (χ4v) is 3.91. The second-order valence-corrected chi connectivity index (χ2v) is 6.65. The van der Waals surface area contributed by atoms with E-state index < -0.39 is 0 Å². The highest BCUT2D eigenvalue weighted by molar-refractivity contribution is 6.28. The second kappa shape index (κ2) is 5.57. The number of fused-ring (bicyclic) bond motifs is 3. The summed E-state index contributed by atoms with van der Waals surface area (Å²) >= 11 is 6.09. The summed E-state index contributed by atoms with van der Waals surface area (Å²) in [6.07, 6.45) is 4.95. The molecular formula is C14H21ClN6. The molecule has 1 N–H and O–H groups in total. The Morgan fingerprint density at radius 2 is 1.76 bits per heavy atom. The van der Waals surface area contributed by atoms with Gasteiger partial charge < -0.3 is 15.1 Å². The van der Waals surface area contributed by atoms with Crippen molar-refractivity contribution >= 4 is 23.5 Å². The molecular weight excluding hydrogens is 288 g/mol. The molecule has 4 aliphatic heterocycles. The molecule has 4 aliphatic rings. The molecule has 5 heterocycles. The van der Waals surface area contributed by atoms with Crippen LogP contribution in [0.5, 0.6) is 0 Å². The van der Waals surface area contributed by atoms with E-state index >= 15 is 0 Å². The SMILES string of the molecule is Clc1nc(NC2CN3CCC2CC3)nc(N2CCCC2)n1. The third kappa shape index (κ3) is 2.79. The Morgan fingerprint density at radius 1 is 1.00 bits per heavy atom. The van der Waals surface area contributed by atoms with E-state index in [1.165, 1.54) is 38.8 Å². The molecule has 4 fully saturated rings. The number of halogens is 1. The molecule has 114 valence electrons. The van der Waals surface area contributed by atoms with Crippen LogP contribution in [0.2, 0.25) is 5.28 Å². The number of nitrogens with one attached hydrogen (secondary N) is 1. The lowest BCUT2D eigenvalue weighted by molar-refractivity contribution is 0.0972. The van der Waals surface area contributed by atoms with Crippen LogP contribution in [0.3, 0.4) is 0 Å². The van der Waals surface area contributed by atoms with Crippen molar-refractivity contribution in [3.8, 4) is 0 Å². The zero-order valence-corrected chi connectivity index (χ0v) is 12.9. The van der Waals surface area contributed by atoms with Crippen LogP contribution < -0.4 is 10.2 Å². The first kappa shape index (κ1) is 13.5. The number of aromatic nitrogens is 3. The van der Waals surface area contributed by atoms with Gasteiger partial charge in [0.05, 0.1) is 0 Å². The average molecular weight is 309 g/mol. The average Bonchev–Trinajstić information content (AvgIpc) is 3.02. The van der Waals surface area contributed by atoms with Crippen molar-refractivity contribution in [1.29, 1.82) is 0 Å². The van der Waals surface area contributed by atoms with E-state index in [-0.39, 0.29) is 5.28 Å². The molecule has 0 radical (unpaired) electrons. The minimum atomic E-state index is 0.288. The topological polar surface area (TPSA) is 57.2 Å². The lowest BCUT2D eigenvalue weighted by Crippen LogP contribution is -2.53. The highest BCUT2D eigenvalue weighted by atomic mass is 35.5. The third-order valence-corrected chi connectivity index (χ3v) is 5.12. The standard InChI is InChI=1S/C14H21ClN6/c15-12-17-13(19-14(18-12)21-5-1-2-6-21)16-11-9-20-7-3-10(11)4-8-20/h10-11H,1-9H2,(H,16,17,18,19). The normalized spacial score (nSPS) is 31.7. The summed E-state index contributed by atoms with van der Waals surface area (Å²) < 4.78 is 0. The Balaban J connectivity index is 1.51. The highest BCUT2D eigenvalue weighted by Gasteiger charge is 2.34. The van der Waals surface area contributed by atoms with Gasteiger partial charge in [-0.15, -0.1) is 0 Å². The zero-order chi connectivity index (χ0) is 14.2. The number of hydrogen-bond donors (Lipinski definition) is 1. The van der Waals surface area contributed by atoms with Gasteiger partial charge in [0.15, 0.2) is 0 Å². The summed E-state index contributed by atoms with van der Waals surface area (Å²) in [5, 5.41) is 3.79. The maximum Gasteiger partial charge on any atom is 0.231 e.